The van der Waals surface area contributed by atoms with E-state index in [9.17, 15) is 4.79 Å². The van der Waals surface area contributed by atoms with Crippen LogP contribution in [-0.4, -0.2) is 18.9 Å². The first-order valence-corrected chi connectivity index (χ1v) is 6.96. The summed E-state index contributed by atoms with van der Waals surface area (Å²) in [6.07, 6.45) is 1.51. The van der Waals surface area contributed by atoms with Crippen LogP contribution in [0.15, 0.2) is 73.8 Å². The van der Waals surface area contributed by atoms with Gasteiger partial charge in [0.15, 0.2) is 11.5 Å². The largest absolute Gasteiger partial charge is 0.497 e. The Kier molecular flexibility index (Phi) is 3.32. The van der Waals surface area contributed by atoms with Crippen LogP contribution in [0.5, 0.6) is 5.75 Å². The zero-order valence-corrected chi connectivity index (χ0v) is 12.5. The standard InChI is InChI=1S/C15H11N5O4/c1-22-10-6-4-9(5-7-10)20-12(15(21)24-19-20)14-16-13(17-18-14)11-3-2-8-23-11/h2-8,19H,1H3/b14-12-. The van der Waals surface area contributed by atoms with Crippen molar-refractivity contribution in [3.05, 3.63) is 59.9 Å². The number of furan rings is 1. The lowest BCUT2D eigenvalue weighted by atomic mass is 10.2. The zero-order chi connectivity index (χ0) is 16.5. The minimum Gasteiger partial charge on any atom is -0.497 e. The van der Waals surface area contributed by atoms with Crippen LogP contribution in [0.1, 0.15) is 5.76 Å². The lowest BCUT2D eigenvalue weighted by Gasteiger charge is -2.15. The maximum absolute atomic E-state index is 12.1. The Labute approximate surface area is 135 Å². The Morgan fingerprint density at radius 3 is 2.71 bits per heavy atom. The molecule has 1 aromatic heterocycles. The van der Waals surface area contributed by atoms with E-state index in [1.165, 1.54) is 11.3 Å². The molecule has 0 spiro atoms. The first-order valence-electron chi connectivity index (χ1n) is 6.96. The summed E-state index contributed by atoms with van der Waals surface area (Å²) in [7, 11) is 1.58. The molecule has 0 saturated carbocycles. The molecule has 0 aliphatic carbocycles. The zero-order valence-electron chi connectivity index (χ0n) is 12.5. The second-order valence-electron chi connectivity index (χ2n) is 4.80. The van der Waals surface area contributed by atoms with Gasteiger partial charge in [-0.3, -0.25) is 0 Å². The van der Waals surface area contributed by atoms with Crippen LogP contribution in [0, 0.1) is 0 Å². The van der Waals surface area contributed by atoms with Crippen molar-refractivity contribution in [2.24, 2.45) is 15.2 Å². The number of nitrogens with one attached hydrogen (secondary N) is 1. The summed E-state index contributed by atoms with van der Waals surface area (Å²) < 4.78 is 10.3. The fourth-order valence-electron chi connectivity index (χ4n) is 2.23. The molecule has 4 rings (SSSR count). The van der Waals surface area contributed by atoms with Crippen molar-refractivity contribution in [1.29, 1.82) is 0 Å². The average molecular weight is 325 g/mol. The average Bonchev–Trinajstić information content (AvgIpc) is 3.34. The maximum Gasteiger partial charge on any atom is 0.380 e. The van der Waals surface area contributed by atoms with Gasteiger partial charge in [0, 0.05) is 0 Å². The summed E-state index contributed by atoms with van der Waals surface area (Å²) in [6, 6.07) is 10.5. The van der Waals surface area contributed by atoms with Gasteiger partial charge in [-0.15, -0.1) is 10.2 Å². The highest BCUT2D eigenvalue weighted by Crippen LogP contribution is 2.29. The number of hydrogen-bond donors (Lipinski definition) is 1. The van der Waals surface area contributed by atoms with Gasteiger partial charge >= 0.3 is 5.97 Å². The predicted molar refractivity (Wildman–Crippen MR) is 81.8 cm³/mol. The fraction of sp³-hybridized carbons (Fsp3) is 0.0667. The summed E-state index contributed by atoms with van der Waals surface area (Å²) in [5, 5.41) is 9.32. The van der Waals surface area contributed by atoms with Crippen molar-refractivity contribution in [2.45, 2.75) is 0 Å². The van der Waals surface area contributed by atoms with Crippen LogP contribution < -0.4 is 15.3 Å². The number of aliphatic imine (C=N–C) groups is 1. The van der Waals surface area contributed by atoms with E-state index in [4.69, 9.17) is 14.0 Å². The van der Waals surface area contributed by atoms with E-state index in [0.717, 1.165) is 0 Å². The molecule has 120 valence electrons. The van der Waals surface area contributed by atoms with E-state index in [-0.39, 0.29) is 17.4 Å². The number of methoxy groups -OCH3 is 1. The minimum absolute atomic E-state index is 0.130. The molecule has 0 amide bonds. The molecular formula is C15H11N5O4. The number of anilines is 1. The number of hydrogen-bond acceptors (Lipinski definition) is 9. The van der Waals surface area contributed by atoms with E-state index in [1.54, 1.807) is 43.5 Å². The molecule has 2 aliphatic heterocycles. The molecule has 0 bridgehead atoms. The molecular weight excluding hydrogens is 314 g/mol. The lowest BCUT2D eigenvalue weighted by Crippen LogP contribution is -2.29. The van der Waals surface area contributed by atoms with Gasteiger partial charge in [0.05, 0.1) is 19.1 Å². The van der Waals surface area contributed by atoms with E-state index in [0.29, 0.717) is 17.2 Å². The monoisotopic (exact) mass is 325 g/mol. The van der Waals surface area contributed by atoms with Crippen LogP contribution in [0.2, 0.25) is 0 Å². The fourth-order valence-corrected chi connectivity index (χ4v) is 2.23. The van der Waals surface area contributed by atoms with Gasteiger partial charge in [0.2, 0.25) is 11.7 Å². The number of benzene rings is 1. The molecule has 9 heteroatoms. The summed E-state index contributed by atoms with van der Waals surface area (Å²) in [6.45, 7) is 0. The molecule has 1 aromatic carbocycles. The molecule has 0 radical (unpaired) electrons. The molecule has 1 N–H and O–H groups in total. The van der Waals surface area contributed by atoms with Gasteiger partial charge in [-0.05, 0) is 36.4 Å². The van der Waals surface area contributed by atoms with Gasteiger partial charge in [0.1, 0.15) is 5.75 Å². The van der Waals surface area contributed by atoms with E-state index < -0.39 is 5.97 Å². The summed E-state index contributed by atoms with van der Waals surface area (Å²) in [5.41, 5.74) is 3.31. The van der Waals surface area contributed by atoms with Crippen molar-refractivity contribution in [3.8, 4) is 5.75 Å². The van der Waals surface area contributed by atoms with Crippen LogP contribution in [0.25, 0.3) is 0 Å². The first-order chi connectivity index (χ1) is 11.8. The molecule has 0 unspecified atom stereocenters. The summed E-state index contributed by atoms with van der Waals surface area (Å²) in [4.78, 5) is 21.2. The molecule has 2 aromatic rings. The van der Waals surface area contributed by atoms with Crippen LogP contribution >= 0.6 is 0 Å². The number of rotatable bonds is 3. The highest BCUT2D eigenvalue weighted by atomic mass is 16.7. The summed E-state index contributed by atoms with van der Waals surface area (Å²) >= 11 is 0. The number of azo groups is 1. The van der Waals surface area contributed by atoms with E-state index in [1.807, 2.05) is 0 Å². The van der Waals surface area contributed by atoms with Crippen molar-refractivity contribution < 1.29 is 18.8 Å². The Morgan fingerprint density at radius 2 is 2.00 bits per heavy atom. The number of nitrogens with zero attached hydrogens (tertiary/aromatic N) is 4. The van der Waals surface area contributed by atoms with Gasteiger partial charge in [-0.25, -0.2) is 9.80 Å². The van der Waals surface area contributed by atoms with Crippen molar-refractivity contribution in [1.82, 2.24) is 5.59 Å². The smallest absolute Gasteiger partial charge is 0.380 e. The molecule has 2 aliphatic rings. The minimum atomic E-state index is -0.607. The number of hydrazine groups is 1. The number of carbonyl (C=O) groups excluding carboxylic acids is 1. The third-order valence-corrected chi connectivity index (χ3v) is 3.38. The molecule has 9 nitrogen and oxygen atoms in total. The lowest BCUT2D eigenvalue weighted by molar-refractivity contribution is -0.140. The van der Waals surface area contributed by atoms with Crippen LogP contribution in [0.4, 0.5) is 5.69 Å². The number of ether oxygens (including phenoxy) is 1. The topological polar surface area (TPSA) is 101 Å². The highest BCUT2D eigenvalue weighted by molar-refractivity contribution is 6.01. The molecule has 3 heterocycles. The van der Waals surface area contributed by atoms with E-state index >= 15 is 0 Å². The second kappa shape index (κ2) is 5.63. The quantitative estimate of drug-likeness (QED) is 0.868. The Hall–Kier alpha value is -3.46. The van der Waals surface area contributed by atoms with Crippen LogP contribution in [0.3, 0.4) is 0 Å². The van der Waals surface area contributed by atoms with Crippen molar-refractivity contribution in [2.75, 3.05) is 12.1 Å². The normalized spacial score (nSPS) is 19.6. The highest BCUT2D eigenvalue weighted by Gasteiger charge is 2.34. The summed E-state index contributed by atoms with van der Waals surface area (Å²) in [5.74, 6) is 0.969. The van der Waals surface area contributed by atoms with E-state index in [2.05, 4.69) is 20.8 Å². The van der Waals surface area contributed by atoms with Crippen molar-refractivity contribution in [3.63, 3.8) is 0 Å². The molecule has 0 atom stereocenters. The molecule has 24 heavy (non-hydrogen) atoms. The molecule has 1 saturated heterocycles. The first kappa shape index (κ1) is 14.2. The van der Waals surface area contributed by atoms with Gasteiger partial charge in [-0.2, -0.15) is 4.99 Å². The third-order valence-electron chi connectivity index (χ3n) is 3.38. The Balaban J connectivity index is 1.72. The van der Waals surface area contributed by atoms with Crippen LogP contribution in [-0.2, 0) is 9.63 Å². The number of amidine groups is 1. The third kappa shape index (κ3) is 2.32. The maximum atomic E-state index is 12.1. The second-order valence-corrected chi connectivity index (χ2v) is 4.80. The Morgan fingerprint density at radius 1 is 1.17 bits per heavy atom. The van der Waals surface area contributed by atoms with Crippen molar-refractivity contribution >= 4 is 17.5 Å². The molecule has 1 fully saturated rings. The van der Waals surface area contributed by atoms with Gasteiger partial charge in [0.25, 0.3) is 0 Å². The Bertz CT molecular complexity index is 868. The predicted octanol–water partition coefficient (Wildman–Crippen LogP) is 2.15. The number of carbonyl (C=O) groups is 1. The van der Waals surface area contributed by atoms with Gasteiger partial charge < -0.3 is 14.0 Å². The van der Waals surface area contributed by atoms with Gasteiger partial charge in [-0.1, -0.05) is 5.59 Å². The SMILES string of the molecule is COc1ccc(N2NOC(=O)/C2=C2/N=NC(c3ccco3)=N2)cc1.